The first kappa shape index (κ1) is 22.6. The molecule has 166 valence electrons. The Bertz CT molecular complexity index is 691. The molecule has 3 aliphatic heterocycles. The molecule has 7 nitrogen and oxygen atoms in total. The van der Waals surface area contributed by atoms with Crippen LogP contribution in [0.15, 0.2) is 0 Å². The molecule has 3 saturated heterocycles. The van der Waals surface area contributed by atoms with Gasteiger partial charge in [0.2, 0.25) is 17.7 Å². The maximum absolute atomic E-state index is 13.1. The largest absolute Gasteiger partial charge is 0.343 e. The van der Waals surface area contributed by atoms with Gasteiger partial charge in [0.25, 0.3) is 0 Å². The van der Waals surface area contributed by atoms with Crippen LogP contribution in [0.5, 0.6) is 0 Å². The predicted octanol–water partition coefficient (Wildman–Crippen LogP) is 2.70. The second-order valence-electron chi connectivity index (χ2n) is 9.88. The first-order valence-electron chi connectivity index (χ1n) is 11.6. The van der Waals surface area contributed by atoms with Gasteiger partial charge in [-0.3, -0.25) is 14.4 Å². The van der Waals surface area contributed by atoms with Crippen molar-refractivity contribution in [1.82, 2.24) is 14.7 Å². The van der Waals surface area contributed by atoms with Crippen molar-refractivity contribution < 1.29 is 14.4 Å². The van der Waals surface area contributed by atoms with Gasteiger partial charge in [0.15, 0.2) is 0 Å². The van der Waals surface area contributed by atoms with E-state index in [1.807, 2.05) is 18.7 Å². The second-order valence-corrected chi connectivity index (χ2v) is 9.88. The molecule has 0 radical (unpaired) electrons. The summed E-state index contributed by atoms with van der Waals surface area (Å²) in [5, 5.41) is 9.30. The summed E-state index contributed by atoms with van der Waals surface area (Å²) in [5.74, 6) is 0.00764. The highest BCUT2D eigenvalue weighted by Crippen LogP contribution is 2.31. The van der Waals surface area contributed by atoms with E-state index in [1.54, 1.807) is 9.80 Å². The van der Waals surface area contributed by atoms with Gasteiger partial charge in [-0.1, -0.05) is 26.7 Å². The van der Waals surface area contributed by atoms with Crippen molar-refractivity contribution in [2.75, 3.05) is 26.2 Å². The summed E-state index contributed by atoms with van der Waals surface area (Å²) in [6.45, 7) is 6.77. The Morgan fingerprint density at radius 3 is 2.10 bits per heavy atom. The Morgan fingerprint density at radius 2 is 1.43 bits per heavy atom. The van der Waals surface area contributed by atoms with Crippen LogP contribution in [0.25, 0.3) is 0 Å². The topological polar surface area (TPSA) is 84.7 Å². The Hall–Kier alpha value is -2.10. The lowest BCUT2D eigenvalue weighted by molar-refractivity contribution is -0.145. The molecule has 0 aromatic heterocycles. The molecule has 7 heteroatoms. The van der Waals surface area contributed by atoms with Crippen LogP contribution in [0.3, 0.4) is 0 Å². The minimum absolute atomic E-state index is 0.0489. The molecule has 30 heavy (non-hydrogen) atoms. The molecule has 0 unspecified atom stereocenters. The van der Waals surface area contributed by atoms with E-state index in [4.69, 9.17) is 0 Å². The van der Waals surface area contributed by atoms with E-state index >= 15 is 0 Å². The van der Waals surface area contributed by atoms with Gasteiger partial charge in [-0.15, -0.1) is 0 Å². The molecule has 3 heterocycles. The van der Waals surface area contributed by atoms with Gasteiger partial charge in [-0.25, -0.2) is 0 Å². The zero-order chi connectivity index (χ0) is 21.7. The average Bonchev–Trinajstić information content (AvgIpc) is 3.29. The Morgan fingerprint density at radius 1 is 0.833 bits per heavy atom. The number of carbonyl (C=O) groups is 3. The summed E-state index contributed by atoms with van der Waals surface area (Å²) in [5.41, 5.74) is -0.445. The van der Waals surface area contributed by atoms with E-state index < -0.39 is 11.5 Å². The van der Waals surface area contributed by atoms with Crippen LogP contribution in [0.4, 0.5) is 0 Å². The highest BCUT2D eigenvalue weighted by molar-refractivity contribution is 5.89. The number of nitrogens with zero attached hydrogens (tertiary/aromatic N) is 4. The molecule has 0 bridgehead atoms. The molecule has 3 amide bonds. The third kappa shape index (κ3) is 5.33. The molecular formula is C23H36N4O3. The van der Waals surface area contributed by atoms with Gasteiger partial charge in [0.05, 0.1) is 6.07 Å². The molecule has 3 fully saturated rings. The highest BCUT2D eigenvalue weighted by Gasteiger charge is 2.41. The fraction of sp³-hybridized carbons (Fsp3) is 0.826. The third-order valence-corrected chi connectivity index (χ3v) is 6.76. The van der Waals surface area contributed by atoms with E-state index in [0.717, 1.165) is 38.8 Å². The lowest BCUT2D eigenvalue weighted by atomic mass is 9.84. The Kier molecular flexibility index (Phi) is 7.38. The predicted molar refractivity (Wildman–Crippen MR) is 113 cm³/mol. The van der Waals surface area contributed by atoms with Crippen LogP contribution in [0, 0.1) is 16.7 Å². The molecule has 0 aromatic rings. The smallest absolute Gasteiger partial charge is 0.246 e. The summed E-state index contributed by atoms with van der Waals surface area (Å²) in [7, 11) is 0. The number of amides is 3. The first-order valence-corrected chi connectivity index (χ1v) is 11.6. The summed E-state index contributed by atoms with van der Waals surface area (Å²) in [6, 6.07) is 1.40. The van der Waals surface area contributed by atoms with Crippen molar-refractivity contribution >= 4 is 17.7 Å². The molecule has 3 aliphatic rings. The summed E-state index contributed by atoms with van der Waals surface area (Å²) < 4.78 is 0. The van der Waals surface area contributed by atoms with Gasteiger partial charge >= 0.3 is 0 Å². The maximum atomic E-state index is 13.1. The van der Waals surface area contributed by atoms with Gasteiger partial charge in [-0.2, -0.15) is 5.26 Å². The van der Waals surface area contributed by atoms with Crippen LogP contribution in [-0.2, 0) is 14.4 Å². The molecule has 3 rings (SSSR count). The first-order chi connectivity index (χ1) is 14.3. The molecule has 0 aliphatic carbocycles. The number of rotatable bonds is 5. The lowest BCUT2D eigenvalue weighted by Crippen LogP contribution is -2.49. The summed E-state index contributed by atoms with van der Waals surface area (Å²) >= 11 is 0. The number of nitriles is 1. The van der Waals surface area contributed by atoms with E-state index in [-0.39, 0.29) is 30.2 Å². The van der Waals surface area contributed by atoms with Crippen molar-refractivity contribution in [2.24, 2.45) is 5.41 Å². The van der Waals surface area contributed by atoms with Crippen molar-refractivity contribution in [1.29, 1.82) is 5.26 Å². The van der Waals surface area contributed by atoms with Crippen LogP contribution in [0.2, 0.25) is 0 Å². The lowest BCUT2D eigenvalue weighted by Gasteiger charge is -2.33. The summed E-state index contributed by atoms with van der Waals surface area (Å²) in [6.07, 6.45) is 8.12. The molecular weight excluding hydrogens is 380 g/mol. The molecule has 0 N–H and O–H groups in total. The highest BCUT2D eigenvalue weighted by atomic mass is 16.2. The molecule has 0 aromatic carbocycles. The number of likely N-dealkylation sites (tertiary alicyclic amines) is 3. The van der Waals surface area contributed by atoms with Crippen LogP contribution in [-0.4, -0.2) is 70.7 Å². The SMILES string of the molecule is CC(C)(CC(=O)N1CCCCCC1)CC(=O)N1CCC[C@H]1C(=O)N1CCC[C@H]1C#N. The minimum atomic E-state index is -0.455. The molecule has 0 spiro atoms. The third-order valence-electron chi connectivity index (χ3n) is 6.76. The number of hydrogen-bond donors (Lipinski definition) is 0. The second kappa shape index (κ2) is 9.80. The number of carbonyl (C=O) groups excluding carboxylic acids is 3. The van der Waals surface area contributed by atoms with Crippen LogP contribution in [0.1, 0.15) is 78.1 Å². The monoisotopic (exact) mass is 416 g/mol. The maximum Gasteiger partial charge on any atom is 0.246 e. The fourth-order valence-corrected chi connectivity index (χ4v) is 5.09. The van der Waals surface area contributed by atoms with Crippen LogP contribution < -0.4 is 0 Å². The average molecular weight is 417 g/mol. The van der Waals surface area contributed by atoms with Crippen molar-refractivity contribution in [3.8, 4) is 6.07 Å². The van der Waals surface area contributed by atoms with Crippen molar-refractivity contribution in [3.05, 3.63) is 0 Å². The van der Waals surface area contributed by atoms with Gasteiger partial charge in [-0.05, 0) is 43.9 Å². The Balaban J connectivity index is 1.58. The fourth-order valence-electron chi connectivity index (χ4n) is 5.09. The normalized spacial score (nSPS) is 25.2. The van der Waals surface area contributed by atoms with E-state index in [2.05, 4.69) is 6.07 Å². The van der Waals surface area contributed by atoms with Gasteiger partial charge in [0, 0.05) is 39.0 Å². The molecule has 2 atom stereocenters. The van der Waals surface area contributed by atoms with E-state index in [0.29, 0.717) is 32.4 Å². The van der Waals surface area contributed by atoms with Crippen molar-refractivity contribution in [2.45, 2.75) is 90.1 Å². The zero-order valence-corrected chi connectivity index (χ0v) is 18.6. The Labute approximate surface area is 180 Å². The van der Waals surface area contributed by atoms with Gasteiger partial charge in [0.1, 0.15) is 12.1 Å². The minimum Gasteiger partial charge on any atom is -0.343 e. The van der Waals surface area contributed by atoms with E-state index in [1.165, 1.54) is 12.8 Å². The standard InChI is InChI=1S/C23H36N4O3/c1-23(2,15-20(28)25-11-5-3-4-6-12-25)16-21(29)27-14-8-10-19(27)22(30)26-13-7-9-18(26)17-24/h18-19H,3-16H2,1-2H3/t18-,19-/m0/s1. The van der Waals surface area contributed by atoms with Crippen molar-refractivity contribution in [3.63, 3.8) is 0 Å². The van der Waals surface area contributed by atoms with Gasteiger partial charge < -0.3 is 14.7 Å². The van der Waals surface area contributed by atoms with Crippen LogP contribution >= 0.6 is 0 Å². The quantitative estimate of drug-likeness (QED) is 0.690. The van der Waals surface area contributed by atoms with E-state index in [9.17, 15) is 19.6 Å². The zero-order valence-electron chi connectivity index (χ0n) is 18.6. The number of hydrogen-bond acceptors (Lipinski definition) is 4. The summed E-state index contributed by atoms with van der Waals surface area (Å²) in [4.78, 5) is 44.3. The molecule has 0 saturated carbocycles.